The van der Waals surface area contributed by atoms with Crippen LogP contribution in [0.1, 0.15) is 31.1 Å². The highest BCUT2D eigenvalue weighted by molar-refractivity contribution is 5.95. The van der Waals surface area contributed by atoms with Crippen molar-refractivity contribution >= 4 is 5.91 Å². The summed E-state index contributed by atoms with van der Waals surface area (Å²) in [6, 6.07) is 11.9. The van der Waals surface area contributed by atoms with Gasteiger partial charge in [-0.2, -0.15) is 0 Å². The van der Waals surface area contributed by atoms with Gasteiger partial charge in [-0.15, -0.1) is 0 Å². The number of ether oxygens (including phenoxy) is 1. The normalized spacial score (nSPS) is 13.4. The van der Waals surface area contributed by atoms with Crippen LogP contribution in [-0.2, 0) is 0 Å². The van der Waals surface area contributed by atoms with E-state index in [1.807, 2.05) is 45.0 Å². The van der Waals surface area contributed by atoms with Gasteiger partial charge in [-0.25, -0.2) is 4.39 Å². The van der Waals surface area contributed by atoms with Crippen LogP contribution in [0.4, 0.5) is 4.39 Å². The quantitative estimate of drug-likeness (QED) is 0.841. The summed E-state index contributed by atoms with van der Waals surface area (Å²) in [5.41, 5.74) is 6.75. The zero-order chi connectivity index (χ0) is 18.6. The fourth-order valence-electron chi connectivity index (χ4n) is 2.42. The topological polar surface area (TPSA) is 64.3 Å². The predicted octanol–water partition coefficient (Wildman–Crippen LogP) is 3.60. The molecule has 4 nitrogen and oxygen atoms in total. The molecule has 0 fully saturated rings. The van der Waals surface area contributed by atoms with Gasteiger partial charge in [0.1, 0.15) is 11.6 Å². The number of hydrogen-bond acceptors (Lipinski definition) is 3. The largest absolute Gasteiger partial charge is 0.497 e. The van der Waals surface area contributed by atoms with E-state index in [4.69, 9.17) is 10.5 Å². The standard InChI is InChI=1S/C20H25FN2O2/c1-13(2)20(3,12-22)23-19(24)17-10-7-15(11-18(17)21)14-5-8-16(25-4)9-6-14/h5-11,13H,12,22H2,1-4H3,(H,23,24). The Bertz CT molecular complexity index is 744. The minimum atomic E-state index is -0.585. The summed E-state index contributed by atoms with van der Waals surface area (Å²) in [5.74, 6) is -0.160. The fraction of sp³-hybridized carbons (Fsp3) is 0.350. The number of carbonyl (C=O) groups is 1. The molecule has 0 aliphatic carbocycles. The second-order valence-electron chi connectivity index (χ2n) is 6.65. The van der Waals surface area contributed by atoms with Crippen LogP contribution in [0.2, 0.25) is 0 Å². The van der Waals surface area contributed by atoms with Crippen molar-refractivity contribution in [1.82, 2.24) is 5.32 Å². The van der Waals surface area contributed by atoms with Crippen molar-refractivity contribution in [3.8, 4) is 16.9 Å². The highest BCUT2D eigenvalue weighted by atomic mass is 19.1. The maximum Gasteiger partial charge on any atom is 0.254 e. The molecule has 0 saturated heterocycles. The van der Waals surface area contributed by atoms with Crippen molar-refractivity contribution in [1.29, 1.82) is 0 Å². The highest BCUT2D eigenvalue weighted by Gasteiger charge is 2.29. The number of benzene rings is 2. The van der Waals surface area contributed by atoms with Crippen LogP contribution < -0.4 is 15.8 Å². The van der Waals surface area contributed by atoms with E-state index in [1.165, 1.54) is 12.1 Å². The first-order chi connectivity index (χ1) is 11.8. The van der Waals surface area contributed by atoms with Gasteiger partial charge in [-0.1, -0.05) is 32.0 Å². The molecule has 5 heteroatoms. The second-order valence-corrected chi connectivity index (χ2v) is 6.65. The van der Waals surface area contributed by atoms with E-state index in [2.05, 4.69) is 5.32 Å². The summed E-state index contributed by atoms with van der Waals surface area (Å²) in [5, 5.41) is 2.85. The Morgan fingerprint density at radius 3 is 2.28 bits per heavy atom. The molecule has 2 rings (SSSR count). The van der Waals surface area contributed by atoms with Crippen molar-refractivity contribution in [3.05, 3.63) is 53.8 Å². The van der Waals surface area contributed by atoms with Gasteiger partial charge in [0.25, 0.3) is 5.91 Å². The lowest BCUT2D eigenvalue weighted by Gasteiger charge is -2.33. The zero-order valence-electron chi connectivity index (χ0n) is 15.1. The van der Waals surface area contributed by atoms with Gasteiger partial charge in [-0.3, -0.25) is 4.79 Å². The molecule has 0 radical (unpaired) electrons. The molecule has 2 aromatic rings. The van der Waals surface area contributed by atoms with E-state index in [-0.39, 0.29) is 18.0 Å². The lowest BCUT2D eigenvalue weighted by atomic mass is 9.88. The van der Waals surface area contributed by atoms with Gasteiger partial charge in [-0.05, 0) is 48.2 Å². The Hall–Kier alpha value is -2.40. The molecule has 0 spiro atoms. The van der Waals surface area contributed by atoms with E-state index in [9.17, 15) is 9.18 Å². The monoisotopic (exact) mass is 344 g/mol. The summed E-state index contributed by atoms with van der Waals surface area (Å²) >= 11 is 0. The average Bonchev–Trinajstić information content (AvgIpc) is 2.61. The third-order valence-electron chi connectivity index (χ3n) is 4.73. The molecule has 2 aromatic carbocycles. The molecule has 25 heavy (non-hydrogen) atoms. The molecule has 3 N–H and O–H groups in total. The number of nitrogens with two attached hydrogens (primary N) is 1. The van der Waals surface area contributed by atoms with Gasteiger partial charge in [0.15, 0.2) is 0 Å². The molecule has 0 heterocycles. The van der Waals surface area contributed by atoms with Crippen LogP contribution in [-0.4, -0.2) is 25.1 Å². The molecule has 134 valence electrons. The summed E-state index contributed by atoms with van der Waals surface area (Å²) in [6.45, 7) is 6.08. The van der Waals surface area contributed by atoms with Crippen LogP contribution in [0.3, 0.4) is 0 Å². The minimum Gasteiger partial charge on any atom is -0.497 e. The van der Waals surface area contributed by atoms with E-state index in [0.717, 1.165) is 11.3 Å². The highest BCUT2D eigenvalue weighted by Crippen LogP contribution is 2.25. The van der Waals surface area contributed by atoms with Gasteiger partial charge in [0.2, 0.25) is 0 Å². The van der Waals surface area contributed by atoms with Crippen molar-refractivity contribution in [2.24, 2.45) is 11.7 Å². The van der Waals surface area contributed by atoms with Crippen LogP contribution in [0, 0.1) is 11.7 Å². The van der Waals surface area contributed by atoms with Crippen LogP contribution in [0.25, 0.3) is 11.1 Å². The molecule has 1 amide bonds. The number of amides is 1. The molecule has 1 unspecified atom stereocenters. The van der Waals surface area contributed by atoms with Gasteiger partial charge in [0, 0.05) is 6.54 Å². The number of methoxy groups -OCH3 is 1. The maximum atomic E-state index is 14.5. The first-order valence-electron chi connectivity index (χ1n) is 8.27. The Kier molecular flexibility index (Phi) is 5.80. The molecular weight excluding hydrogens is 319 g/mol. The van der Waals surface area contributed by atoms with Crippen LogP contribution in [0.15, 0.2) is 42.5 Å². The third kappa shape index (κ3) is 4.17. The molecule has 0 saturated carbocycles. The molecule has 0 aliphatic heterocycles. The Morgan fingerprint density at radius 1 is 1.20 bits per heavy atom. The summed E-state index contributed by atoms with van der Waals surface area (Å²) in [7, 11) is 1.59. The van der Waals surface area contributed by atoms with Crippen molar-refractivity contribution in [2.75, 3.05) is 13.7 Å². The molecular formula is C20H25FN2O2. The Balaban J connectivity index is 2.25. The van der Waals surface area contributed by atoms with Crippen LogP contribution >= 0.6 is 0 Å². The first kappa shape index (κ1) is 18.9. The number of rotatable bonds is 6. The lowest BCUT2D eigenvalue weighted by Crippen LogP contribution is -2.55. The van der Waals surface area contributed by atoms with E-state index < -0.39 is 17.3 Å². The molecule has 0 aliphatic rings. The van der Waals surface area contributed by atoms with Crippen molar-refractivity contribution < 1.29 is 13.9 Å². The van der Waals surface area contributed by atoms with Gasteiger partial charge < -0.3 is 15.8 Å². The smallest absolute Gasteiger partial charge is 0.254 e. The number of hydrogen-bond donors (Lipinski definition) is 2. The Morgan fingerprint density at radius 2 is 1.80 bits per heavy atom. The summed E-state index contributed by atoms with van der Waals surface area (Å²) < 4.78 is 19.6. The third-order valence-corrected chi connectivity index (χ3v) is 4.73. The van der Waals surface area contributed by atoms with Gasteiger partial charge >= 0.3 is 0 Å². The molecule has 0 bridgehead atoms. The lowest BCUT2D eigenvalue weighted by molar-refractivity contribution is 0.0879. The van der Waals surface area contributed by atoms with Crippen molar-refractivity contribution in [2.45, 2.75) is 26.3 Å². The fourth-order valence-corrected chi connectivity index (χ4v) is 2.42. The van der Waals surface area contributed by atoms with Crippen LogP contribution in [0.5, 0.6) is 5.75 Å². The maximum absolute atomic E-state index is 14.5. The number of carbonyl (C=O) groups excluding carboxylic acids is 1. The Labute approximate surface area is 148 Å². The zero-order valence-corrected chi connectivity index (χ0v) is 15.1. The molecule has 1 atom stereocenters. The first-order valence-corrected chi connectivity index (χ1v) is 8.27. The average molecular weight is 344 g/mol. The summed E-state index contributed by atoms with van der Waals surface area (Å²) in [6.07, 6.45) is 0. The second kappa shape index (κ2) is 7.66. The number of nitrogens with one attached hydrogen (secondary N) is 1. The van der Waals surface area contributed by atoms with E-state index in [1.54, 1.807) is 13.2 Å². The SMILES string of the molecule is COc1ccc(-c2ccc(C(=O)NC(C)(CN)C(C)C)c(F)c2)cc1. The van der Waals surface area contributed by atoms with E-state index >= 15 is 0 Å². The van der Waals surface area contributed by atoms with E-state index in [0.29, 0.717) is 5.56 Å². The number of halogens is 1. The van der Waals surface area contributed by atoms with Crippen molar-refractivity contribution in [3.63, 3.8) is 0 Å². The summed E-state index contributed by atoms with van der Waals surface area (Å²) in [4.78, 5) is 12.5. The minimum absolute atomic E-state index is 0.0117. The molecule has 0 aromatic heterocycles. The predicted molar refractivity (Wildman–Crippen MR) is 98.2 cm³/mol. The van der Waals surface area contributed by atoms with Gasteiger partial charge in [0.05, 0.1) is 18.2 Å².